The maximum absolute atomic E-state index is 12.5. The molecule has 0 saturated heterocycles. The van der Waals surface area contributed by atoms with E-state index in [9.17, 15) is 4.79 Å². The Hall–Kier alpha value is -0.530. The van der Waals surface area contributed by atoms with Crippen molar-refractivity contribution in [2.75, 3.05) is 14.1 Å². The minimum Gasteiger partial charge on any atom is -0.348 e. The van der Waals surface area contributed by atoms with Crippen molar-refractivity contribution in [2.45, 2.75) is 52.9 Å². The Labute approximate surface area is 100 Å². The lowest BCUT2D eigenvalue weighted by atomic mass is 9.62. The molecule has 1 amide bonds. The van der Waals surface area contributed by atoms with Crippen LogP contribution in [0.4, 0.5) is 0 Å². The Bertz CT molecular complexity index is 247. The topological polar surface area (TPSA) is 20.3 Å². The van der Waals surface area contributed by atoms with Crippen LogP contribution in [0.5, 0.6) is 0 Å². The van der Waals surface area contributed by atoms with Crippen LogP contribution in [-0.4, -0.2) is 24.9 Å². The maximum Gasteiger partial charge on any atom is 0.228 e. The Morgan fingerprint density at radius 1 is 1.38 bits per heavy atom. The summed E-state index contributed by atoms with van der Waals surface area (Å²) in [6.45, 7) is 6.72. The third-order valence-corrected chi connectivity index (χ3v) is 4.06. The van der Waals surface area contributed by atoms with Gasteiger partial charge < -0.3 is 4.90 Å². The normalized spacial score (nSPS) is 30.5. The summed E-state index contributed by atoms with van der Waals surface area (Å²) >= 11 is 0. The quantitative estimate of drug-likeness (QED) is 0.721. The zero-order chi connectivity index (χ0) is 12.3. The van der Waals surface area contributed by atoms with Gasteiger partial charge in [0.05, 0.1) is 5.41 Å². The molecule has 1 fully saturated rings. The predicted octanol–water partition coefficient (Wildman–Crippen LogP) is 3.32. The van der Waals surface area contributed by atoms with E-state index in [1.807, 2.05) is 14.1 Å². The van der Waals surface area contributed by atoms with Gasteiger partial charge in [-0.3, -0.25) is 4.79 Å². The smallest absolute Gasteiger partial charge is 0.228 e. The highest BCUT2D eigenvalue weighted by molar-refractivity contribution is 5.82. The van der Waals surface area contributed by atoms with Crippen molar-refractivity contribution < 1.29 is 4.79 Å². The lowest BCUT2D eigenvalue weighted by Gasteiger charge is -2.44. The van der Waals surface area contributed by atoms with Crippen LogP contribution in [-0.2, 0) is 4.79 Å². The van der Waals surface area contributed by atoms with Gasteiger partial charge in [-0.25, -0.2) is 0 Å². The molecule has 1 saturated carbocycles. The molecule has 0 aromatic carbocycles. The van der Waals surface area contributed by atoms with Crippen LogP contribution in [0.1, 0.15) is 52.9 Å². The van der Waals surface area contributed by atoms with Crippen LogP contribution < -0.4 is 0 Å². The molecule has 16 heavy (non-hydrogen) atoms. The van der Waals surface area contributed by atoms with Crippen LogP contribution in [0.15, 0.2) is 0 Å². The lowest BCUT2D eigenvalue weighted by Crippen LogP contribution is -2.47. The van der Waals surface area contributed by atoms with Gasteiger partial charge in [-0.15, -0.1) is 0 Å². The number of amides is 1. The van der Waals surface area contributed by atoms with E-state index in [0.717, 1.165) is 12.8 Å². The molecule has 0 aromatic heterocycles. The molecule has 2 heteroatoms. The van der Waals surface area contributed by atoms with Gasteiger partial charge in [0.25, 0.3) is 0 Å². The molecule has 0 spiro atoms. The molecule has 0 aromatic rings. The van der Waals surface area contributed by atoms with Crippen LogP contribution in [0.25, 0.3) is 0 Å². The van der Waals surface area contributed by atoms with E-state index in [2.05, 4.69) is 20.8 Å². The molecule has 1 aliphatic rings. The van der Waals surface area contributed by atoms with E-state index in [1.54, 1.807) is 4.90 Å². The first-order valence-corrected chi connectivity index (χ1v) is 6.62. The van der Waals surface area contributed by atoms with Crippen molar-refractivity contribution in [3.05, 3.63) is 0 Å². The molecule has 0 aliphatic heterocycles. The summed E-state index contributed by atoms with van der Waals surface area (Å²) in [4.78, 5) is 14.3. The van der Waals surface area contributed by atoms with Gasteiger partial charge in [0, 0.05) is 14.1 Å². The minimum absolute atomic E-state index is 0.0735. The highest BCUT2D eigenvalue weighted by atomic mass is 16.2. The van der Waals surface area contributed by atoms with E-state index >= 15 is 0 Å². The fourth-order valence-electron chi connectivity index (χ4n) is 3.30. The molecule has 2 nitrogen and oxygen atoms in total. The Morgan fingerprint density at radius 2 is 2.00 bits per heavy atom. The van der Waals surface area contributed by atoms with Gasteiger partial charge >= 0.3 is 0 Å². The first-order chi connectivity index (χ1) is 7.40. The fraction of sp³-hybridized carbons (Fsp3) is 0.929. The second kappa shape index (κ2) is 5.20. The molecule has 0 N–H and O–H groups in total. The number of rotatable bonds is 3. The van der Waals surface area contributed by atoms with E-state index in [-0.39, 0.29) is 5.41 Å². The molecule has 0 radical (unpaired) electrons. The summed E-state index contributed by atoms with van der Waals surface area (Å²) in [5, 5.41) is 0. The van der Waals surface area contributed by atoms with Gasteiger partial charge in [0.15, 0.2) is 0 Å². The zero-order valence-corrected chi connectivity index (χ0v) is 11.5. The van der Waals surface area contributed by atoms with Crippen molar-refractivity contribution in [1.29, 1.82) is 0 Å². The number of carbonyl (C=O) groups is 1. The number of carbonyl (C=O) groups excluding carboxylic acids is 1. The van der Waals surface area contributed by atoms with Gasteiger partial charge in [0.1, 0.15) is 0 Å². The van der Waals surface area contributed by atoms with Crippen molar-refractivity contribution in [2.24, 2.45) is 17.3 Å². The van der Waals surface area contributed by atoms with Crippen molar-refractivity contribution in [3.63, 3.8) is 0 Å². The zero-order valence-electron chi connectivity index (χ0n) is 11.5. The average molecular weight is 225 g/mol. The average Bonchev–Trinajstić information content (AvgIpc) is 2.19. The lowest BCUT2D eigenvalue weighted by molar-refractivity contribution is -0.146. The van der Waals surface area contributed by atoms with Gasteiger partial charge in [-0.05, 0) is 31.1 Å². The highest BCUT2D eigenvalue weighted by Gasteiger charge is 2.45. The number of hydrogen-bond donors (Lipinski definition) is 0. The maximum atomic E-state index is 12.5. The SMILES string of the molecule is CC(C)CC1(C(=O)N(C)C)CCCCC1C. The predicted molar refractivity (Wildman–Crippen MR) is 68.2 cm³/mol. The first kappa shape index (κ1) is 13.5. The molecule has 94 valence electrons. The third-order valence-electron chi connectivity index (χ3n) is 4.06. The van der Waals surface area contributed by atoms with E-state index < -0.39 is 0 Å². The van der Waals surface area contributed by atoms with Gasteiger partial charge in [0.2, 0.25) is 5.91 Å². The number of hydrogen-bond acceptors (Lipinski definition) is 1. The van der Waals surface area contributed by atoms with Crippen molar-refractivity contribution >= 4 is 5.91 Å². The largest absolute Gasteiger partial charge is 0.348 e. The molecule has 2 atom stereocenters. The molecular formula is C14H27NO. The van der Waals surface area contributed by atoms with Crippen molar-refractivity contribution in [1.82, 2.24) is 4.90 Å². The van der Waals surface area contributed by atoms with Gasteiger partial charge in [-0.1, -0.05) is 33.6 Å². The summed E-state index contributed by atoms with van der Waals surface area (Å²) < 4.78 is 0. The Morgan fingerprint density at radius 3 is 2.44 bits per heavy atom. The summed E-state index contributed by atoms with van der Waals surface area (Å²) in [7, 11) is 3.79. The monoisotopic (exact) mass is 225 g/mol. The van der Waals surface area contributed by atoms with Gasteiger partial charge in [-0.2, -0.15) is 0 Å². The molecule has 2 unspecified atom stereocenters. The van der Waals surface area contributed by atoms with Crippen LogP contribution in [0.2, 0.25) is 0 Å². The second-order valence-corrected chi connectivity index (χ2v) is 6.10. The number of nitrogens with zero attached hydrogens (tertiary/aromatic N) is 1. The standard InChI is InChI=1S/C14H27NO/c1-11(2)10-14(13(16)15(4)5)9-7-6-8-12(14)3/h11-12H,6-10H2,1-5H3. The van der Waals surface area contributed by atoms with E-state index in [4.69, 9.17) is 0 Å². The fourth-order valence-corrected chi connectivity index (χ4v) is 3.30. The van der Waals surface area contributed by atoms with Crippen molar-refractivity contribution in [3.8, 4) is 0 Å². The molecule has 0 heterocycles. The summed E-state index contributed by atoms with van der Waals surface area (Å²) in [5.41, 5.74) is -0.0735. The second-order valence-electron chi connectivity index (χ2n) is 6.10. The Kier molecular flexibility index (Phi) is 4.40. The first-order valence-electron chi connectivity index (χ1n) is 6.62. The highest BCUT2D eigenvalue weighted by Crippen LogP contribution is 2.46. The molecule has 1 rings (SSSR count). The Balaban J connectivity index is 2.94. The van der Waals surface area contributed by atoms with E-state index in [1.165, 1.54) is 19.3 Å². The molecule has 1 aliphatic carbocycles. The molecular weight excluding hydrogens is 198 g/mol. The van der Waals surface area contributed by atoms with Crippen LogP contribution in [0, 0.1) is 17.3 Å². The molecule has 0 bridgehead atoms. The van der Waals surface area contributed by atoms with Crippen LogP contribution in [0.3, 0.4) is 0 Å². The van der Waals surface area contributed by atoms with Crippen LogP contribution >= 0.6 is 0 Å². The minimum atomic E-state index is -0.0735. The summed E-state index contributed by atoms with van der Waals surface area (Å²) in [6.07, 6.45) is 5.86. The summed E-state index contributed by atoms with van der Waals surface area (Å²) in [6, 6.07) is 0. The summed E-state index contributed by atoms with van der Waals surface area (Å²) in [5.74, 6) is 1.50. The third kappa shape index (κ3) is 2.58. The van der Waals surface area contributed by atoms with E-state index in [0.29, 0.717) is 17.7 Å².